The summed E-state index contributed by atoms with van der Waals surface area (Å²) >= 11 is 6.36. The van der Waals surface area contributed by atoms with E-state index in [1.54, 1.807) is 6.08 Å². The number of piperidine rings is 1. The van der Waals surface area contributed by atoms with E-state index in [0.29, 0.717) is 12.5 Å². The molecule has 2 aliphatic heterocycles. The molecule has 0 saturated carbocycles. The Labute approximate surface area is 266 Å². The van der Waals surface area contributed by atoms with Crippen molar-refractivity contribution in [2.24, 2.45) is 5.92 Å². The fraction of sp³-hybridized carbons (Fsp3) is 0.395. The van der Waals surface area contributed by atoms with E-state index in [-0.39, 0.29) is 11.3 Å². The Morgan fingerprint density at radius 3 is 2.64 bits per heavy atom. The number of carbonyl (C=O) groups excluding carboxylic acids is 1. The van der Waals surface area contributed by atoms with Gasteiger partial charge in [0.05, 0.1) is 5.52 Å². The third-order valence-electron chi connectivity index (χ3n) is 9.12. The number of aromatic amines is 1. The fourth-order valence-electron chi connectivity index (χ4n) is 6.43. The van der Waals surface area contributed by atoms with Crippen molar-refractivity contribution in [3.05, 3.63) is 88.0 Å². The number of nitrogens with one attached hydrogen (secondary N) is 2. The summed E-state index contributed by atoms with van der Waals surface area (Å²) in [5.41, 5.74) is 6.20. The molecule has 230 valence electrons. The number of ether oxygens (including phenoxy) is 1. The van der Waals surface area contributed by atoms with Crippen molar-refractivity contribution >= 4 is 51.5 Å². The van der Waals surface area contributed by atoms with Crippen LogP contribution in [0.15, 0.2) is 60.7 Å². The zero-order chi connectivity index (χ0) is 31.1. The Morgan fingerprint density at radius 1 is 1.11 bits per heavy atom. The highest BCUT2D eigenvalue weighted by Crippen LogP contribution is 2.42. The van der Waals surface area contributed by atoms with E-state index in [0.717, 1.165) is 77.2 Å². The highest BCUT2D eigenvalue weighted by molar-refractivity contribution is 6.31. The van der Waals surface area contributed by atoms with Crippen molar-refractivity contribution in [3.63, 3.8) is 0 Å². The van der Waals surface area contributed by atoms with Crippen LogP contribution in [0.1, 0.15) is 76.1 Å². The number of halogens is 1. The smallest absolute Gasteiger partial charge is 0.244 e. The van der Waals surface area contributed by atoms with E-state index in [9.17, 15) is 4.79 Å². The Bertz CT molecular complexity index is 1750. The quantitative estimate of drug-likeness (QED) is 0.206. The molecule has 0 atom stereocenters. The summed E-state index contributed by atoms with van der Waals surface area (Å²) in [6, 6.07) is 16.9. The third-order valence-corrected chi connectivity index (χ3v) is 9.49. The predicted octanol–water partition coefficient (Wildman–Crippen LogP) is 8.89. The Morgan fingerprint density at radius 2 is 1.89 bits per heavy atom. The second kappa shape index (κ2) is 12.1. The molecule has 0 spiro atoms. The molecule has 3 aromatic carbocycles. The van der Waals surface area contributed by atoms with Gasteiger partial charge in [-0.3, -0.25) is 9.69 Å². The lowest BCUT2D eigenvalue weighted by molar-refractivity contribution is -0.116. The number of hydrogen-bond acceptors (Lipinski definition) is 3. The van der Waals surface area contributed by atoms with Crippen molar-refractivity contribution in [1.29, 1.82) is 0 Å². The molecular formula is C38H44ClN3O2. The summed E-state index contributed by atoms with van der Waals surface area (Å²) in [6.07, 6.45) is 11.1. The van der Waals surface area contributed by atoms with Crippen LogP contribution in [0.3, 0.4) is 0 Å². The van der Waals surface area contributed by atoms with Crippen molar-refractivity contribution < 1.29 is 9.53 Å². The van der Waals surface area contributed by atoms with Gasteiger partial charge in [-0.25, -0.2) is 0 Å². The molecule has 0 aliphatic carbocycles. The molecule has 5 nitrogen and oxygen atoms in total. The molecule has 1 amide bonds. The normalized spacial score (nSPS) is 17.3. The fourth-order valence-corrected chi connectivity index (χ4v) is 6.63. The van der Waals surface area contributed by atoms with Crippen molar-refractivity contribution in [2.75, 3.05) is 19.6 Å². The van der Waals surface area contributed by atoms with E-state index < -0.39 is 5.60 Å². The summed E-state index contributed by atoms with van der Waals surface area (Å²) in [5, 5.41) is 6.29. The number of fused-ring (bicyclic) bond motifs is 5. The number of aromatic nitrogens is 1. The van der Waals surface area contributed by atoms with Gasteiger partial charge < -0.3 is 15.0 Å². The maximum Gasteiger partial charge on any atom is 0.244 e. The molecule has 0 bridgehead atoms. The lowest BCUT2D eigenvalue weighted by Gasteiger charge is -2.32. The average Bonchev–Trinajstić information content (AvgIpc) is 3.35. The van der Waals surface area contributed by atoms with Crippen LogP contribution in [0.4, 0.5) is 0 Å². The number of carbonyl (C=O) groups is 1. The summed E-state index contributed by atoms with van der Waals surface area (Å²) < 4.78 is 6.48. The molecule has 1 fully saturated rings. The number of amides is 1. The zero-order valence-electron chi connectivity index (χ0n) is 26.6. The molecule has 0 unspecified atom stereocenters. The van der Waals surface area contributed by atoms with Gasteiger partial charge in [-0.05, 0) is 111 Å². The third kappa shape index (κ3) is 6.60. The van der Waals surface area contributed by atoms with E-state index in [2.05, 4.69) is 92.3 Å². The van der Waals surface area contributed by atoms with Crippen molar-refractivity contribution in [3.8, 4) is 5.75 Å². The predicted molar refractivity (Wildman–Crippen MR) is 184 cm³/mol. The second-order valence-electron chi connectivity index (χ2n) is 14.0. The van der Waals surface area contributed by atoms with E-state index >= 15 is 0 Å². The van der Waals surface area contributed by atoms with Crippen LogP contribution in [-0.4, -0.2) is 41.0 Å². The number of hydrogen-bond donors (Lipinski definition) is 2. The molecule has 2 aliphatic rings. The largest absolute Gasteiger partial charge is 0.482 e. The molecule has 1 aromatic heterocycles. The number of likely N-dealkylation sites (tertiary alicyclic amines) is 1. The Balaban J connectivity index is 1.13. The second-order valence-corrected chi connectivity index (χ2v) is 14.4. The van der Waals surface area contributed by atoms with Gasteiger partial charge >= 0.3 is 0 Å². The lowest BCUT2D eigenvalue weighted by atomic mass is 9.86. The van der Waals surface area contributed by atoms with Gasteiger partial charge in [-0.1, -0.05) is 56.6 Å². The van der Waals surface area contributed by atoms with Crippen molar-refractivity contribution in [1.82, 2.24) is 15.2 Å². The van der Waals surface area contributed by atoms with Crippen molar-refractivity contribution in [2.45, 2.75) is 71.4 Å². The van der Waals surface area contributed by atoms with Crippen LogP contribution in [0.5, 0.6) is 5.75 Å². The molecule has 4 aromatic rings. The summed E-state index contributed by atoms with van der Waals surface area (Å²) in [6.45, 7) is 14.5. The van der Waals surface area contributed by atoms with Gasteiger partial charge in [0.1, 0.15) is 11.4 Å². The van der Waals surface area contributed by atoms with Gasteiger partial charge in [0.25, 0.3) is 0 Å². The van der Waals surface area contributed by atoms with Crippen LogP contribution in [0.2, 0.25) is 5.02 Å². The van der Waals surface area contributed by atoms with E-state index in [1.165, 1.54) is 16.5 Å². The van der Waals surface area contributed by atoms with Gasteiger partial charge in [0.2, 0.25) is 5.91 Å². The van der Waals surface area contributed by atoms with Crippen LogP contribution >= 0.6 is 11.6 Å². The lowest BCUT2D eigenvalue weighted by Crippen LogP contribution is -2.34. The molecule has 44 heavy (non-hydrogen) atoms. The molecule has 2 N–H and O–H groups in total. The average molecular weight is 610 g/mol. The van der Waals surface area contributed by atoms with Gasteiger partial charge in [0.15, 0.2) is 0 Å². The minimum atomic E-state index is -0.431. The number of H-pyrrole nitrogens is 1. The Kier molecular flexibility index (Phi) is 8.38. The number of rotatable bonds is 7. The van der Waals surface area contributed by atoms with E-state index in [4.69, 9.17) is 16.3 Å². The van der Waals surface area contributed by atoms with Crippen LogP contribution in [-0.2, 0) is 16.8 Å². The topological polar surface area (TPSA) is 57.4 Å². The highest BCUT2D eigenvalue weighted by Gasteiger charge is 2.27. The molecule has 1 saturated heterocycles. The molecule has 6 rings (SSSR count). The van der Waals surface area contributed by atoms with Gasteiger partial charge in [-0.15, -0.1) is 0 Å². The van der Waals surface area contributed by atoms with E-state index in [1.807, 2.05) is 24.3 Å². The molecule has 6 heteroatoms. The standard InChI is InChI=1S/C38H44ClN3O2/c1-37(2,3)28-11-12-33-30(23-28)31-22-26(36-29(35(31)41-33)14-18-38(4,5)44-36)10-13-34(43)40-19-15-25-16-20-42(21-17-25)24-27-8-6-7-9-32(27)39/h6-14,18,22-23,25,41H,15-17,19-21,24H2,1-5H3,(H,40,43)/b13-10+. The Hall–Kier alpha value is -3.54. The first kappa shape index (κ1) is 30.5. The summed E-state index contributed by atoms with van der Waals surface area (Å²) in [5.74, 6) is 1.35. The van der Waals surface area contributed by atoms with Gasteiger partial charge in [-0.2, -0.15) is 0 Å². The first-order valence-corrected chi connectivity index (χ1v) is 16.3. The molecule has 3 heterocycles. The van der Waals surface area contributed by atoms with Crippen LogP contribution < -0.4 is 10.1 Å². The summed E-state index contributed by atoms with van der Waals surface area (Å²) in [4.78, 5) is 19.1. The highest BCUT2D eigenvalue weighted by atomic mass is 35.5. The van der Waals surface area contributed by atoms with Gasteiger partial charge in [0, 0.05) is 51.6 Å². The number of nitrogens with zero attached hydrogens (tertiary/aromatic N) is 1. The van der Waals surface area contributed by atoms with Crippen LogP contribution in [0.25, 0.3) is 34.0 Å². The van der Waals surface area contributed by atoms with Crippen LogP contribution in [0, 0.1) is 5.92 Å². The monoisotopic (exact) mass is 609 g/mol. The molecule has 0 radical (unpaired) electrons. The maximum atomic E-state index is 12.9. The first-order chi connectivity index (χ1) is 21.0. The first-order valence-electron chi connectivity index (χ1n) is 15.9. The molecular weight excluding hydrogens is 566 g/mol. The number of benzene rings is 3. The minimum absolute atomic E-state index is 0.0489. The minimum Gasteiger partial charge on any atom is -0.482 e. The maximum absolute atomic E-state index is 12.9. The summed E-state index contributed by atoms with van der Waals surface area (Å²) in [7, 11) is 0. The SMILES string of the molecule is CC1(C)C=Cc2c(c(/C=C/C(=O)NCCC3CCN(Cc4ccccc4Cl)CC3)cc3c2[nH]c2ccc(C(C)(C)C)cc23)O1. The zero-order valence-corrected chi connectivity index (χ0v) is 27.4.